The molecule has 0 radical (unpaired) electrons. The Kier molecular flexibility index (Phi) is 4.96. The van der Waals surface area contributed by atoms with Crippen LogP contribution in [-0.4, -0.2) is 36.3 Å². The van der Waals surface area contributed by atoms with Gasteiger partial charge >= 0.3 is 0 Å². The summed E-state index contributed by atoms with van der Waals surface area (Å²) in [4.78, 5) is 1.20. The van der Waals surface area contributed by atoms with Crippen LogP contribution < -0.4 is 0 Å². The Labute approximate surface area is 135 Å². The standard InChI is InChI=1S/C11H15BrClNO2S3/c1-11(2)7-14(3-4-17-11)19(15,16)9-5-8(6-13)18-10(9)12/h5H,3-4,6-7H2,1-2H3. The van der Waals surface area contributed by atoms with Crippen molar-refractivity contribution in [3.05, 3.63) is 14.7 Å². The second-order valence-electron chi connectivity index (χ2n) is 4.93. The van der Waals surface area contributed by atoms with Crippen molar-refractivity contribution >= 4 is 60.7 Å². The molecule has 1 fully saturated rings. The maximum Gasteiger partial charge on any atom is 0.245 e. The smallest absolute Gasteiger partial charge is 0.207 e. The Morgan fingerprint density at radius 2 is 2.21 bits per heavy atom. The zero-order valence-corrected chi connectivity index (χ0v) is 15.4. The summed E-state index contributed by atoms with van der Waals surface area (Å²) in [5.74, 6) is 1.16. The van der Waals surface area contributed by atoms with E-state index >= 15 is 0 Å². The number of thioether (sulfide) groups is 1. The summed E-state index contributed by atoms with van der Waals surface area (Å²) in [6.45, 7) is 5.26. The Morgan fingerprint density at radius 3 is 2.74 bits per heavy atom. The van der Waals surface area contributed by atoms with E-state index in [0.29, 0.717) is 27.7 Å². The number of hydrogen-bond donors (Lipinski definition) is 0. The number of thiophene rings is 1. The fraction of sp³-hybridized carbons (Fsp3) is 0.636. The highest BCUT2D eigenvalue weighted by atomic mass is 79.9. The van der Waals surface area contributed by atoms with Gasteiger partial charge in [0.1, 0.15) is 4.90 Å². The molecule has 0 aromatic carbocycles. The van der Waals surface area contributed by atoms with E-state index < -0.39 is 10.0 Å². The molecule has 1 aliphatic rings. The lowest BCUT2D eigenvalue weighted by molar-refractivity contribution is 0.387. The van der Waals surface area contributed by atoms with Crippen LogP contribution in [0.15, 0.2) is 14.7 Å². The first-order valence-electron chi connectivity index (χ1n) is 5.74. The SMILES string of the molecule is CC1(C)CN(S(=O)(=O)c2cc(CCl)sc2Br)CCS1. The second kappa shape index (κ2) is 5.85. The van der Waals surface area contributed by atoms with Crippen molar-refractivity contribution < 1.29 is 8.42 Å². The van der Waals surface area contributed by atoms with Crippen LogP contribution in [-0.2, 0) is 15.9 Å². The average Bonchev–Trinajstić information content (AvgIpc) is 2.70. The van der Waals surface area contributed by atoms with Crippen LogP contribution in [0.1, 0.15) is 18.7 Å². The van der Waals surface area contributed by atoms with Gasteiger partial charge in [0.2, 0.25) is 10.0 Å². The first kappa shape index (κ1) is 16.1. The predicted octanol–water partition coefficient (Wildman–Crippen LogP) is 3.77. The lowest BCUT2D eigenvalue weighted by Gasteiger charge is -2.36. The van der Waals surface area contributed by atoms with Crippen LogP contribution in [0.4, 0.5) is 0 Å². The van der Waals surface area contributed by atoms with Gasteiger partial charge < -0.3 is 0 Å². The monoisotopic (exact) mass is 403 g/mol. The first-order chi connectivity index (χ1) is 8.76. The third kappa shape index (κ3) is 3.49. The lowest BCUT2D eigenvalue weighted by atomic mass is 10.2. The minimum atomic E-state index is -3.43. The molecule has 0 saturated carbocycles. The van der Waals surface area contributed by atoms with Gasteiger partial charge in [-0.2, -0.15) is 16.1 Å². The van der Waals surface area contributed by atoms with Gasteiger partial charge in [-0.1, -0.05) is 0 Å². The van der Waals surface area contributed by atoms with Crippen LogP contribution in [0.2, 0.25) is 0 Å². The molecule has 108 valence electrons. The molecule has 0 amide bonds. The molecule has 8 heteroatoms. The summed E-state index contributed by atoms with van der Waals surface area (Å²) >= 11 is 12.3. The molecule has 19 heavy (non-hydrogen) atoms. The predicted molar refractivity (Wildman–Crippen MR) is 86.9 cm³/mol. The van der Waals surface area contributed by atoms with Crippen LogP contribution in [0.5, 0.6) is 0 Å². The van der Waals surface area contributed by atoms with Gasteiger partial charge in [0.25, 0.3) is 0 Å². The van der Waals surface area contributed by atoms with E-state index in [9.17, 15) is 8.42 Å². The Hall–Kier alpha value is 0.730. The Balaban J connectivity index is 2.34. The summed E-state index contributed by atoms with van der Waals surface area (Å²) in [7, 11) is -3.43. The molecule has 0 unspecified atom stereocenters. The number of halogens is 2. The molecule has 2 rings (SSSR count). The molecule has 3 nitrogen and oxygen atoms in total. The average molecular weight is 405 g/mol. The van der Waals surface area contributed by atoms with Crippen molar-refractivity contribution in [2.45, 2.75) is 29.4 Å². The van der Waals surface area contributed by atoms with E-state index in [1.807, 2.05) is 11.8 Å². The Morgan fingerprint density at radius 1 is 1.53 bits per heavy atom. The van der Waals surface area contributed by atoms with Gasteiger partial charge in [0.05, 0.1) is 9.67 Å². The van der Waals surface area contributed by atoms with Gasteiger partial charge in [0, 0.05) is 28.5 Å². The molecule has 1 aromatic rings. The Bertz CT molecular complexity index is 570. The summed E-state index contributed by atoms with van der Waals surface area (Å²) in [5, 5.41) is 0. The first-order valence-corrected chi connectivity index (χ1v) is 10.3. The molecule has 2 heterocycles. The third-order valence-electron chi connectivity index (χ3n) is 2.85. The third-order valence-corrected chi connectivity index (χ3v) is 8.69. The van der Waals surface area contributed by atoms with E-state index in [2.05, 4.69) is 29.8 Å². The number of nitrogens with zero attached hydrogens (tertiary/aromatic N) is 1. The second-order valence-corrected chi connectivity index (χ2v) is 11.4. The highest BCUT2D eigenvalue weighted by Gasteiger charge is 2.36. The van der Waals surface area contributed by atoms with Gasteiger partial charge in [-0.25, -0.2) is 8.42 Å². The van der Waals surface area contributed by atoms with Crippen molar-refractivity contribution in [3.8, 4) is 0 Å². The number of rotatable bonds is 3. The zero-order chi connectivity index (χ0) is 14.3. The molecule has 0 atom stereocenters. The van der Waals surface area contributed by atoms with E-state index in [0.717, 1.165) is 10.6 Å². The molecule has 0 N–H and O–H groups in total. The van der Waals surface area contributed by atoms with Crippen LogP contribution in [0.25, 0.3) is 0 Å². The van der Waals surface area contributed by atoms with E-state index in [1.165, 1.54) is 11.3 Å². The maximum atomic E-state index is 12.7. The van der Waals surface area contributed by atoms with Crippen LogP contribution in [0.3, 0.4) is 0 Å². The van der Waals surface area contributed by atoms with Gasteiger partial charge in [-0.3, -0.25) is 0 Å². The van der Waals surface area contributed by atoms with Crippen LogP contribution in [0, 0.1) is 0 Å². The molecular weight excluding hydrogens is 390 g/mol. The molecule has 0 aliphatic carbocycles. The van der Waals surface area contributed by atoms with Crippen molar-refractivity contribution in [2.24, 2.45) is 0 Å². The van der Waals surface area contributed by atoms with Crippen molar-refractivity contribution in [1.82, 2.24) is 4.31 Å². The molecular formula is C11H15BrClNO2S3. The van der Waals surface area contributed by atoms with Gasteiger partial charge in [0.15, 0.2) is 0 Å². The van der Waals surface area contributed by atoms with E-state index in [1.54, 1.807) is 10.4 Å². The molecule has 0 spiro atoms. The number of sulfonamides is 1. The normalized spacial score (nSPS) is 20.6. The van der Waals surface area contributed by atoms with Crippen molar-refractivity contribution in [1.29, 1.82) is 0 Å². The van der Waals surface area contributed by atoms with Crippen molar-refractivity contribution in [2.75, 3.05) is 18.8 Å². The molecule has 1 aromatic heterocycles. The zero-order valence-electron chi connectivity index (χ0n) is 10.7. The van der Waals surface area contributed by atoms with Crippen LogP contribution >= 0.6 is 50.6 Å². The number of alkyl halides is 1. The summed E-state index contributed by atoms with van der Waals surface area (Å²) < 4.78 is 27.5. The van der Waals surface area contributed by atoms with Crippen molar-refractivity contribution in [3.63, 3.8) is 0 Å². The van der Waals surface area contributed by atoms with Gasteiger partial charge in [-0.15, -0.1) is 22.9 Å². The highest BCUT2D eigenvalue weighted by Crippen LogP contribution is 2.37. The molecule has 1 saturated heterocycles. The van der Waals surface area contributed by atoms with E-state index in [-0.39, 0.29) is 4.75 Å². The summed E-state index contributed by atoms with van der Waals surface area (Å²) in [6, 6.07) is 1.67. The van der Waals surface area contributed by atoms with Gasteiger partial charge in [-0.05, 0) is 35.8 Å². The lowest BCUT2D eigenvalue weighted by Crippen LogP contribution is -2.46. The topological polar surface area (TPSA) is 37.4 Å². The minimum Gasteiger partial charge on any atom is -0.207 e. The number of hydrogen-bond acceptors (Lipinski definition) is 4. The fourth-order valence-electron chi connectivity index (χ4n) is 1.96. The highest BCUT2D eigenvalue weighted by molar-refractivity contribution is 9.11. The van der Waals surface area contributed by atoms with E-state index in [4.69, 9.17) is 11.6 Å². The minimum absolute atomic E-state index is 0.0386. The largest absolute Gasteiger partial charge is 0.245 e. The maximum absolute atomic E-state index is 12.7. The fourth-order valence-corrected chi connectivity index (χ4v) is 7.59. The summed E-state index contributed by atoms with van der Waals surface area (Å²) in [6.07, 6.45) is 0. The quantitative estimate of drug-likeness (QED) is 0.720. The molecule has 0 bridgehead atoms. The molecule has 1 aliphatic heterocycles. The summed E-state index contributed by atoms with van der Waals surface area (Å²) in [5.41, 5.74) is 0.